The van der Waals surface area contributed by atoms with E-state index in [1.807, 2.05) is 23.0 Å². The maximum absolute atomic E-state index is 13.7. The number of ketones is 1. The predicted molar refractivity (Wildman–Crippen MR) is 149 cm³/mol. The van der Waals surface area contributed by atoms with Crippen LogP contribution in [0.4, 0.5) is 4.39 Å². The third-order valence-electron chi connectivity index (χ3n) is 7.26. The first kappa shape index (κ1) is 29.3. The van der Waals surface area contributed by atoms with Gasteiger partial charge in [-0.2, -0.15) is 0 Å². The van der Waals surface area contributed by atoms with Crippen LogP contribution in [0.2, 0.25) is 5.02 Å². The normalized spacial score (nSPS) is 17.3. The average molecular weight is 576 g/mol. The van der Waals surface area contributed by atoms with Crippen molar-refractivity contribution >= 4 is 34.6 Å². The molecule has 1 amide bonds. The lowest BCUT2D eigenvalue weighted by atomic mass is 9.76. The van der Waals surface area contributed by atoms with Crippen molar-refractivity contribution in [3.8, 4) is 0 Å². The molecule has 0 spiro atoms. The molecule has 1 aliphatic heterocycles. The summed E-state index contributed by atoms with van der Waals surface area (Å²) in [6.07, 6.45) is 3.92. The highest BCUT2D eigenvalue weighted by atomic mass is 35.5. The van der Waals surface area contributed by atoms with Gasteiger partial charge in [0, 0.05) is 59.0 Å². The van der Waals surface area contributed by atoms with Crippen LogP contribution in [0.15, 0.2) is 36.5 Å². The van der Waals surface area contributed by atoms with Crippen molar-refractivity contribution in [2.24, 2.45) is 0 Å². The van der Waals surface area contributed by atoms with Crippen LogP contribution in [0.1, 0.15) is 61.5 Å². The van der Waals surface area contributed by atoms with Crippen molar-refractivity contribution in [1.29, 1.82) is 0 Å². The van der Waals surface area contributed by atoms with Crippen LogP contribution in [-0.4, -0.2) is 53.8 Å². The van der Waals surface area contributed by atoms with Gasteiger partial charge in [0.05, 0.1) is 17.3 Å². The predicted octanol–water partition coefficient (Wildman–Crippen LogP) is 4.32. The Hall–Kier alpha value is -2.66. The molecule has 8 nitrogen and oxygen atoms in total. The van der Waals surface area contributed by atoms with Crippen molar-refractivity contribution in [3.63, 3.8) is 0 Å². The first-order chi connectivity index (χ1) is 18.4. The first-order valence-corrected chi connectivity index (χ1v) is 14.2. The van der Waals surface area contributed by atoms with Gasteiger partial charge in [-0.1, -0.05) is 22.9 Å². The number of aryl methyl sites for hydroxylation is 2. The Morgan fingerprint density at radius 3 is 2.49 bits per heavy atom. The molecule has 2 N–H and O–H groups in total. The number of aliphatic hydroxyl groups is 1. The summed E-state index contributed by atoms with van der Waals surface area (Å²) in [6, 6.07) is 7.91. The zero-order chi connectivity index (χ0) is 28.4. The molecule has 2 aromatic heterocycles. The zero-order valence-corrected chi connectivity index (χ0v) is 24.3. The van der Waals surface area contributed by atoms with Crippen molar-refractivity contribution in [3.05, 3.63) is 68.4 Å². The summed E-state index contributed by atoms with van der Waals surface area (Å²) >= 11 is 7.31. The van der Waals surface area contributed by atoms with Crippen molar-refractivity contribution in [2.45, 2.75) is 90.2 Å². The number of carbonyl (C=O) groups is 2. The fourth-order valence-electron chi connectivity index (χ4n) is 5.58. The number of amides is 1. The van der Waals surface area contributed by atoms with E-state index in [9.17, 15) is 19.1 Å². The van der Waals surface area contributed by atoms with Gasteiger partial charge in [0.25, 0.3) is 5.91 Å². The summed E-state index contributed by atoms with van der Waals surface area (Å²) < 4.78 is 15.6. The minimum atomic E-state index is -0.657. The molecule has 1 fully saturated rings. The third-order valence-corrected chi connectivity index (χ3v) is 8.69. The fourth-order valence-corrected chi connectivity index (χ4v) is 6.56. The Balaban J connectivity index is 1.34. The molecule has 0 saturated carbocycles. The number of carbonyl (C=O) groups excluding carboxylic acids is 2. The number of rotatable bonds is 10. The number of piperidine rings is 1. The second-order valence-corrected chi connectivity index (χ2v) is 13.0. The highest BCUT2D eigenvalue weighted by Gasteiger charge is 2.46. The molecular weight excluding hydrogens is 541 g/mol. The van der Waals surface area contributed by atoms with Gasteiger partial charge >= 0.3 is 0 Å². The number of likely N-dealkylation sites (tertiary alicyclic amines) is 1. The molecule has 0 unspecified atom stereocenters. The van der Waals surface area contributed by atoms with Gasteiger partial charge in [-0.05, 0) is 70.4 Å². The van der Waals surface area contributed by atoms with Crippen molar-refractivity contribution in [2.75, 3.05) is 0 Å². The summed E-state index contributed by atoms with van der Waals surface area (Å²) in [6.45, 7) is 9.89. The Bertz CT molecular complexity index is 1320. The van der Waals surface area contributed by atoms with Crippen LogP contribution >= 0.6 is 22.9 Å². The molecule has 3 heterocycles. The summed E-state index contributed by atoms with van der Waals surface area (Å²) in [7, 11) is 0. The van der Waals surface area contributed by atoms with Crippen LogP contribution in [0.3, 0.4) is 0 Å². The average Bonchev–Trinajstić information content (AvgIpc) is 3.51. The van der Waals surface area contributed by atoms with E-state index in [1.54, 1.807) is 17.4 Å². The molecule has 0 aliphatic carbocycles. The van der Waals surface area contributed by atoms with Crippen LogP contribution in [-0.2, 0) is 42.1 Å². The van der Waals surface area contributed by atoms with Gasteiger partial charge in [0.2, 0.25) is 5.78 Å². The number of aliphatic hydroxyl groups excluding tert-OH is 1. The van der Waals surface area contributed by atoms with Crippen LogP contribution in [0.25, 0.3) is 0 Å². The van der Waals surface area contributed by atoms with Crippen LogP contribution in [0.5, 0.6) is 0 Å². The van der Waals surface area contributed by atoms with Gasteiger partial charge in [-0.15, -0.1) is 16.4 Å². The summed E-state index contributed by atoms with van der Waals surface area (Å²) in [5.74, 6) is -1.88. The highest BCUT2D eigenvalue weighted by Crippen LogP contribution is 2.39. The SMILES string of the molecule is CC1(C)CC(NC(=O)C(=O)Cc2ccc(Cl)c(F)c2)CC(C)(C)N1Cc1cn(CCc2ccc(CO)s2)nn1. The van der Waals surface area contributed by atoms with E-state index in [4.69, 9.17) is 11.6 Å². The molecule has 0 bridgehead atoms. The Labute approximate surface area is 237 Å². The zero-order valence-electron chi connectivity index (χ0n) is 22.7. The molecular formula is C28H35ClFN5O3S. The number of halogens is 2. The molecule has 11 heteroatoms. The monoisotopic (exact) mass is 575 g/mol. The Morgan fingerprint density at radius 1 is 1.15 bits per heavy atom. The number of aromatic nitrogens is 3. The van der Waals surface area contributed by atoms with E-state index in [2.05, 4.69) is 48.2 Å². The fraction of sp³-hybridized carbons (Fsp3) is 0.500. The number of hydrogen-bond donors (Lipinski definition) is 2. The molecule has 3 aromatic rings. The quantitative estimate of drug-likeness (QED) is 0.349. The van der Waals surface area contributed by atoms with Crippen LogP contribution < -0.4 is 5.32 Å². The van der Waals surface area contributed by atoms with Gasteiger partial charge in [0.1, 0.15) is 5.82 Å². The topological polar surface area (TPSA) is 100 Å². The lowest BCUT2D eigenvalue weighted by Gasteiger charge is -2.55. The lowest BCUT2D eigenvalue weighted by Crippen LogP contribution is -2.64. The summed E-state index contributed by atoms with van der Waals surface area (Å²) in [5.41, 5.74) is 0.699. The number of thiophene rings is 1. The van der Waals surface area contributed by atoms with Gasteiger partial charge in [-0.25, -0.2) is 4.39 Å². The number of hydrogen-bond acceptors (Lipinski definition) is 7. The Morgan fingerprint density at radius 2 is 1.85 bits per heavy atom. The van der Waals surface area contributed by atoms with Crippen LogP contribution in [0, 0.1) is 5.82 Å². The van der Waals surface area contributed by atoms with Crippen molar-refractivity contribution in [1.82, 2.24) is 25.2 Å². The molecule has 0 radical (unpaired) electrons. The van der Waals surface area contributed by atoms with E-state index >= 15 is 0 Å². The summed E-state index contributed by atoms with van der Waals surface area (Å²) in [4.78, 5) is 29.8. The maximum atomic E-state index is 13.7. The Kier molecular flexibility index (Phi) is 8.90. The molecule has 4 rings (SSSR count). The highest BCUT2D eigenvalue weighted by molar-refractivity contribution is 7.11. The molecule has 1 aromatic carbocycles. The lowest BCUT2D eigenvalue weighted by molar-refractivity contribution is -0.139. The maximum Gasteiger partial charge on any atom is 0.287 e. The first-order valence-electron chi connectivity index (χ1n) is 13.0. The van der Waals surface area contributed by atoms with E-state index in [0.717, 1.165) is 17.0 Å². The number of nitrogens with one attached hydrogen (secondary N) is 1. The van der Waals surface area contributed by atoms with Crippen molar-refractivity contribution < 1.29 is 19.1 Å². The van der Waals surface area contributed by atoms with Gasteiger partial charge in [0.15, 0.2) is 0 Å². The minimum Gasteiger partial charge on any atom is -0.391 e. The van der Waals surface area contributed by atoms with E-state index in [-0.39, 0.29) is 35.2 Å². The van der Waals surface area contributed by atoms with E-state index in [0.29, 0.717) is 31.5 Å². The van der Waals surface area contributed by atoms with Gasteiger partial charge < -0.3 is 10.4 Å². The number of benzene rings is 1. The molecule has 0 atom stereocenters. The second kappa shape index (κ2) is 11.8. The second-order valence-electron chi connectivity index (χ2n) is 11.4. The number of Topliss-reactive ketones (excluding diaryl/α,β-unsaturated/α-hetero) is 1. The largest absolute Gasteiger partial charge is 0.391 e. The molecule has 39 heavy (non-hydrogen) atoms. The molecule has 210 valence electrons. The standard InChI is InChI=1S/C28H35ClFN5O3S/c1-27(2)13-19(31-26(38)25(37)12-18-5-8-23(29)24(30)11-18)14-28(3,4)35(27)16-20-15-34(33-32-20)10-9-21-6-7-22(17-36)39-21/h5-8,11,15,19,36H,9-10,12-14,16-17H2,1-4H3,(H,31,38). The number of nitrogens with zero attached hydrogens (tertiary/aromatic N) is 4. The van der Waals surface area contributed by atoms with E-state index in [1.165, 1.54) is 17.0 Å². The minimum absolute atomic E-state index is 0.0230. The van der Waals surface area contributed by atoms with Gasteiger partial charge in [-0.3, -0.25) is 19.2 Å². The summed E-state index contributed by atoms with van der Waals surface area (Å²) in [5, 5.41) is 20.9. The third kappa shape index (κ3) is 7.30. The smallest absolute Gasteiger partial charge is 0.287 e. The molecule has 1 aliphatic rings. The molecule has 1 saturated heterocycles. The van der Waals surface area contributed by atoms with E-state index < -0.39 is 17.5 Å².